The smallest absolute Gasteiger partial charge is 0.254 e. The Morgan fingerprint density at radius 3 is 2.59 bits per heavy atom. The molecule has 3 rings (SSSR count). The number of hydrogen-bond acceptors (Lipinski definition) is 3. The maximum atomic E-state index is 13.2. The molecule has 0 aliphatic carbocycles. The average molecular weight is 435 g/mol. The second-order valence-electron chi connectivity index (χ2n) is 7.56. The number of nitrogens with zero attached hydrogens (tertiary/aromatic N) is 2. The number of sulfonamides is 1. The maximum Gasteiger partial charge on any atom is 0.254 e. The number of rotatable bonds is 6. The topological polar surface area (TPSA) is 57.7 Å². The van der Waals surface area contributed by atoms with E-state index in [1.807, 2.05) is 44.2 Å². The Labute approximate surface area is 178 Å². The monoisotopic (exact) mass is 434 g/mol. The van der Waals surface area contributed by atoms with Crippen LogP contribution in [-0.4, -0.2) is 43.2 Å². The Morgan fingerprint density at radius 2 is 1.93 bits per heavy atom. The van der Waals surface area contributed by atoms with Crippen LogP contribution in [0.3, 0.4) is 0 Å². The van der Waals surface area contributed by atoms with Crippen LogP contribution >= 0.6 is 11.6 Å². The molecule has 1 aliphatic heterocycles. The van der Waals surface area contributed by atoms with E-state index in [4.69, 9.17) is 11.6 Å². The molecule has 0 saturated carbocycles. The zero-order valence-corrected chi connectivity index (χ0v) is 18.4. The highest BCUT2D eigenvalue weighted by Gasteiger charge is 2.31. The highest BCUT2D eigenvalue weighted by Crippen LogP contribution is 2.29. The number of halogens is 1. The summed E-state index contributed by atoms with van der Waals surface area (Å²) in [6.07, 6.45) is 1.85. The van der Waals surface area contributed by atoms with Crippen molar-refractivity contribution in [3.05, 3.63) is 64.7 Å². The van der Waals surface area contributed by atoms with Crippen molar-refractivity contribution in [2.75, 3.05) is 19.6 Å². The minimum atomic E-state index is -3.74. The first kappa shape index (κ1) is 21.8. The van der Waals surface area contributed by atoms with Crippen LogP contribution in [0.15, 0.2) is 53.4 Å². The van der Waals surface area contributed by atoms with Crippen LogP contribution in [0.1, 0.15) is 42.6 Å². The predicted octanol–water partition coefficient (Wildman–Crippen LogP) is 4.42. The van der Waals surface area contributed by atoms with Crippen molar-refractivity contribution >= 4 is 27.5 Å². The third-order valence-corrected chi connectivity index (χ3v) is 7.65. The van der Waals surface area contributed by atoms with Crippen molar-refractivity contribution in [1.29, 1.82) is 0 Å². The molecule has 0 spiro atoms. The van der Waals surface area contributed by atoms with Crippen LogP contribution in [0.2, 0.25) is 5.02 Å². The number of amides is 1. The maximum absolute atomic E-state index is 13.2. The molecule has 7 heteroatoms. The highest BCUT2D eigenvalue weighted by atomic mass is 35.5. The van der Waals surface area contributed by atoms with E-state index in [0.717, 1.165) is 18.4 Å². The van der Waals surface area contributed by atoms with Gasteiger partial charge in [-0.1, -0.05) is 48.9 Å². The van der Waals surface area contributed by atoms with Gasteiger partial charge in [0, 0.05) is 31.7 Å². The van der Waals surface area contributed by atoms with Crippen molar-refractivity contribution in [2.24, 2.45) is 5.92 Å². The lowest BCUT2D eigenvalue weighted by atomic mass is 10.0. The molecule has 1 atom stereocenters. The third-order valence-electron chi connectivity index (χ3n) is 5.30. The SMILES string of the molecule is CCN(Cc1ccccc1)C(=O)c1ccc(Cl)c(S(=O)(=O)N2CCCC(C)C2)c1. The molecule has 0 bridgehead atoms. The van der Waals surface area contributed by atoms with Crippen LogP contribution in [0, 0.1) is 5.92 Å². The van der Waals surface area contributed by atoms with Gasteiger partial charge in [-0.05, 0) is 49.4 Å². The summed E-state index contributed by atoms with van der Waals surface area (Å²) in [6.45, 7) is 5.89. The summed E-state index contributed by atoms with van der Waals surface area (Å²) in [4.78, 5) is 14.8. The Bertz CT molecular complexity index is 963. The molecule has 1 unspecified atom stereocenters. The summed E-state index contributed by atoms with van der Waals surface area (Å²) >= 11 is 6.25. The van der Waals surface area contributed by atoms with E-state index in [0.29, 0.717) is 37.7 Å². The molecular weight excluding hydrogens is 408 g/mol. The van der Waals surface area contributed by atoms with Crippen LogP contribution in [0.5, 0.6) is 0 Å². The molecule has 156 valence electrons. The van der Waals surface area contributed by atoms with E-state index in [9.17, 15) is 13.2 Å². The van der Waals surface area contributed by atoms with Crippen molar-refractivity contribution in [1.82, 2.24) is 9.21 Å². The lowest BCUT2D eigenvalue weighted by Gasteiger charge is -2.30. The van der Waals surface area contributed by atoms with Gasteiger partial charge in [-0.3, -0.25) is 4.79 Å². The molecule has 0 radical (unpaired) electrons. The first-order chi connectivity index (χ1) is 13.8. The van der Waals surface area contributed by atoms with Gasteiger partial charge in [0.1, 0.15) is 4.90 Å². The average Bonchev–Trinajstić information content (AvgIpc) is 2.72. The normalized spacial score (nSPS) is 17.8. The standard InChI is InChI=1S/C22H27ClN2O3S/c1-3-24(16-18-9-5-4-6-10-18)22(26)19-11-12-20(23)21(14-19)29(27,28)25-13-7-8-17(2)15-25/h4-6,9-12,14,17H,3,7-8,13,15-16H2,1-2H3. The van der Waals surface area contributed by atoms with Crippen LogP contribution in [0.25, 0.3) is 0 Å². The van der Waals surface area contributed by atoms with Gasteiger partial charge in [0.15, 0.2) is 0 Å². The zero-order chi connectivity index (χ0) is 21.0. The zero-order valence-electron chi connectivity index (χ0n) is 16.8. The number of carbonyl (C=O) groups is 1. The molecule has 0 aromatic heterocycles. The summed E-state index contributed by atoms with van der Waals surface area (Å²) in [5.74, 6) is 0.0973. The Kier molecular flexibility index (Phi) is 6.98. The molecule has 0 N–H and O–H groups in total. The van der Waals surface area contributed by atoms with Crippen LogP contribution in [0.4, 0.5) is 0 Å². The van der Waals surface area contributed by atoms with Crippen LogP contribution in [-0.2, 0) is 16.6 Å². The van der Waals surface area contributed by atoms with E-state index in [2.05, 4.69) is 0 Å². The number of carbonyl (C=O) groups excluding carboxylic acids is 1. The fraction of sp³-hybridized carbons (Fsp3) is 0.409. The molecule has 2 aromatic carbocycles. The van der Waals surface area contributed by atoms with Gasteiger partial charge in [-0.2, -0.15) is 4.31 Å². The number of piperidine rings is 1. The largest absolute Gasteiger partial charge is 0.335 e. The molecule has 1 fully saturated rings. The summed E-state index contributed by atoms with van der Waals surface area (Å²) < 4.78 is 27.8. The van der Waals surface area contributed by atoms with E-state index in [-0.39, 0.29) is 15.8 Å². The van der Waals surface area contributed by atoms with Crippen LogP contribution < -0.4 is 0 Å². The molecule has 1 heterocycles. The second kappa shape index (κ2) is 9.28. The van der Waals surface area contributed by atoms with Gasteiger partial charge in [-0.15, -0.1) is 0 Å². The quantitative estimate of drug-likeness (QED) is 0.676. The lowest BCUT2D eigenvalue weighted by molar-refractivity contribution is 0.0752. The van der Waals surface area contributed by atoms with Crippen molar-refractivity contribution in [2.45, 2.75) is 38.1 Å². The van der Waals surface area contributed by atoms with Gasteiger partial charge < -0.3 is 4.90 Å². The van der Waals surface area contributed by atoms with E-state index in [1.54, 1.807) is 11.0 Å². The summed E-state index contributed by atoms with van der Waals surface area (Å²) in [5.41, 5.74) is 1.35. The Morgan fingerprint density at radius 1 is 1.21 bits per heavy atom. The van der Waals surface area contributed by atoms with Gasteiger partial charge in [0.2, 0.25) is 10.0 Å². The Hall–Kier alpha value is -1.89. The molecule has 29 heavy (non-hydrogen) atoms. The van der Waals surface area contributed by atoms with E-state index < -0.39 is 10.0 Å². The van der Waals surface area contributed by atoms with Gasteiger partial charge >= 0.3 is 0 Å². The lowest BCUT2D eigenvalue weighted by Crippen LogP contribution is -2.39. The van der Waals surface area contributed by atoms with Gasteiger partial charge in [0.25, 0.3) is 5.91 Å². The summed E-state index contributed by atoms with van der Waals surface area (Å²) in [6, 6.07) is 14.2. The number of hydrogen-bond donors (Lipinski definition) is 0. The fourth-order valence-corrected chi connectivity index (χ4v) is 5.75. The molecule has 2 aromatic rings. The minimum Gasteiger partial charge on any atom is -0.335 e. The summed E-state index contributed by atoms with van der Waals surface area (Å²) in [7, 11) is -3.74. The second-order valence-corrected chi connectivity index (χ2v) is 9.87. The van der Waals surface area contributed by atoms with Crippen molar-refractivity contribution < 1.29 is 13.2 Å². The summed E-state index contributed by atoms with van der Waals surface area (Å²) in [5, 5.41) is 0.144. The van der Waals surface area contributed by atoms with Gasteiger partial charge in [0.05, 0.1) is 5.02 Å². The Balaban J connectivity index is 1.88. The predicted molar refractivity (Wildman–Crippen MR) is 115 cm³/mol. The van der Waals surface area contributed by atoms with Crippen molar-refractivity contribution in [3.63, 3.8) is 0 Å². The van der Waals surface area contributed by atoms with Gasteiger partial charge in [-0.25, -0.2) is 8.42 Å². The van der Waals surface area contributed by atoms with E-state index in [1.165, 1.54) is 16.4 Å². The molecule has 1 amide bonds. The molecular formula is C22H27ClN2O3S. The first-order valence-corrected chi connectivity index (χ1v) is 11.8. The van der Waals surface area contributed by atoms with E-state index >= 15 is 0 Å². The fourth-order valence-electron chi connectivity index (χ4n) is 3.65. The number of benzene rings is 2. The minimum absolute atomic E-state index is 0.00915. The highest BCUT2D eigenvalue weighted by molar-refractivity contribution is 7.89. The molecule has 5 nitrogen and oxygen atoms in total. The first-order valence-electron chi connectivity index (χ1n) is 9.95. The van der Waals surface area contributed by atoms with Crippen molar-refractivity contribution in [3.8, 4) is 0 Å². The molecule has 1 saturated heterocycles. The third kappa shape index (κ3) is 5.00. The molecule has 1 aliphatic rings.